The summed E-state index contributed by atoms with van der Waals surface area (Å²) in [7, 11) is 4.74. The van der Waals surface area contributed by atoms with Gasteiger partial charge in [0.25, 0.3) is 0 Å². The molecule has 2 rings (SSSR count). The molecule has 0 bridgehead atoms. The first kappa shape index (κ1) is 14.9. The van der Waals surface area contributed by atoms with Crippen molar-refractivity contribution in [1.82, 2.24) is 0 Å². The van der Waals surface area contributed by atoms with Gasteiger partial charge in [-0.25, -0.2) is 0 Å². The third kappa shape index (κ3) is 3.54. The maximum Gasteiger partial charge on any atom is 0.167 e. The van der Waals surface area contributed by atoms with Crippen molar-refractivity contribution < 1.29 is 19.0 Å². The molecule has 4 heteroatoms. The van der Waals surface area contributed by atoms with E-state index in [1.807, 2.05) is 18.2 Å². The molecule has 110 valence electrons. The van der Waals surface area contributed by atoms with Gasteiger partial charge >= 0.3 is 0 Å². The summed E-state index contributed by atoms with van der Waals surface area (Å²) in [6.45, 7) is 0. The third-order valence-electron chi connectivity index (χ3n) is 3.20. The third-order valence-corrected chi connectivity index (χ3v) is 3.20. The highest BCUT2D eigenvalue weighted by Gasteiger charge is 2.11. The molecule has 4 nitrogen and oxygen atoms in total. The number of hydrogen-bond acceptors (Lipinski definition) is 4. The molecule has 0 saturated heterocycles. The number of rotatable bonds is 6. The molecule has 0 saturated carbocycles. The molecule has 0 amide bonds. The molecule has 0 heterocycles. The second-order valence-corrected chi connectivity index (χ2v) is 4.52. The Labute approximate surface area is 124 Å². The number of benzene rings is 2. The van der Waals surface area contributed by atoms with E-state index in [2.05, 4.69) is 0 Å². The summed E-state index contributed by atoms with van der Waals surface area (Å²) in [5.41, 5.74) is 1.50. The lowest BCUT2D eigenvalue weighted by Gasteiger charge is -2.09. The van der Waals surface area contributed by atoms with Crippen molar-refractivity contribution in [2.45, 2.75) is 6.42 Å². The predicted molar refractivity (Wildman–Crippen MR) is 80.6 cm³/mol. The summed E-state index contributed by atoms with van der Waals surface area (Å²) in [5, 5.41) is 0. The summed E-state index contributed by atoms with van der Waals surface area (Å²) >= 11 is 0. The van der Waals surface area contributed by atoms with Gasteiger partial charge < -0.3 is 14.2 Å². The first-order valence-electron chi connectivity index (χ1n) is 6.56. The van der Waals surface area contributed by atoms with Gasteiger partial charge in [-0.1, -0.05) is 18.2 Å². The topological polar surface area (TPSA) is 44.8 Å². The standard InChI is InChI=1S/C17H18O4/c1-19-14-6-4-5-13(11-14)15(18)9-12-7-8-16(20-2)17(10-12)21-3/h4-8,10-11H,9H2,1-3H3. The van der Waals surface area contributed by atoms with Crippen molar-refractivity contribution in [3.63, 3.8) is 0 Å². The number of hydrogen-bond donors (Lipinski definition) is 0. The summed E-state index contributed by atoms with van der Waals surface area (Å²) in [6, 6.07) is 12.6. The fourth-order valence-corrected chi connectivity index (χ4v) is 2.07. The average Bonchev–Trinajstić information content (AvgIpc) is 2.54. The summed E-state index contributed by atoms with van der Waals surface area (Å²) in [6.07, 6.45) is 0.299. The van der Waals surface area contributed by atoms with Crippen molar-refractivity contribution in [3.8, 4) is 17.2 Å². The van der Waals surface area contributed by atoms with Gasteiger partial charge in [-0.3, -0.25) is 4.79 Å². The van der Waals surface area contributed by atoms with Crippen molar-refractivity contribution in [2.75, 3.05) is 21.3 Å². The van der Waals surface area contributed by atoms with Crippen LogP contribution < -0.4 is 14.2 Å². The maximum absolute atomic E-state index is 12.3. The first-order valence-corrected chi connectivity index (χ1v) is 6.56. The van der Waals surface area contributed by atoms with Crippen LogP contribution in [0, 0.1) is 0 Å². The van der Waals surface area contributed by atoms with Crippen LogP contribution in [0.3, 0.4) is 0 Å². The minimum absolute atomic E-state index is 0.0288. The highest BCUT2D eigenvalue weighted by atomic mass is 16.5. The van der Waals surface area contributed by atoms with E-state index in [0.717, 1.165) is 5.56 Å². The Morgan fingerprint density at radius 2 is 1.67 bits per heavy atom. The van der Waals surface area contributed by atoms with Crippen LogP contribution >= 0.6 is 0 Å². The van der Waals surface area contributed by atoms with Crippen LogP contribution in [0.2, 0.25) is 0 Å². The fraction of sp³-hybridized carbons (Fsp3) is 0.235. The molecule has 0 N–H and O–H groups in total. The molecule has 2 aromatic rings. The van der Waals surface area contributed by atoms with Crippen molar-refractivity contribution in [1.29, 1.82) is 0 Å². The molecular formula is C17H18O4. The van der Waals surface area contributed by atoms with Crippen LogP contribution in [-0.4, -0.2) is 27.1 Å². The number of methoxy groups -OCH3 is 3. The number of carbonyl (C=O) groups is 1. The van der Waals surface area contributed by atoms with Crippen LogP contribution in [0.5, 0.6) is 17.2 Å². The zero-order valence-electron chi connectivity index (χ0n) is 12.4. The summed E-state index contributed by atoms with van der Waals surface area (Å²) < 4.78 is 15.6. The van der Waals surface area contributed by atoms with Gasteiger partial charge in [0.2, 0.25) is 0 Å². The van der Waals surface area contributed by atoms with Crippen LogP contribution in [-0.2, 0) is 6.42 Å². The van der Waals surface area contributed by atoms with Gasteiger partial charge in [-0.2, -0.15) is 0 Å². The van der Waals surface area contributed by atoms with E-state index in [1.165, 1.54) is 0 Å². The highest BCUT2D eigenvalue weighted by molar-refractivity contribution is 5.97. The maximum atomic E-state index is 12.3. The van der Waals surface area contributed by atoms with Crippen LogP contribution in [0.25, 0.3) is 0 Å². The number of ketones is 1. The predicted octanol–water partition coefficient (Wildman–Crippen LogP) is 3.14. The Morgan fingerprint density at radius 1 is 0.905 bits per heavy atom. The fourth-order valence-electron chi connectivity index (χ4n) is 2.07. The molecule has 0 atom stereocenters. The lowest BCUT2D eigenvalue weighted by Crippen LogP contribution is -2.04. The SMILES string of the molecule is COc1cccc(C(=O)Cc2ccc(OC)c(OC)c2)c1. The minimum Gasteiger partial charge on any atom is -0.497 e. The minimum atomic E-state index is 0.0288. The van der Waals surface area contributed by atoms with E-state index in [9.17, 15) is 4.79 Å². The van der Waals surface area contributed by atoms with Gasteiger partial charge in [0.05, 0.1) is 21.3 Å². The molecular weight excluding hydrogens is 268 g/mol. The average molecular weight is 286 g/mol. The second-order valence-electron chi connectivity index (χ2n) is 4.52. The van der Waals surface area contributed by atoms with Gasteiger partial charge in [-0.05, 0) is 29.8 Å². The zero-order chi connectivity index (χ0) is 15.2. The molecule has 2 aromatic carbocycles. The normalized spacial score (nSPS) is 10.0. The van der Waals surface area contributed by atoms with E-state index in [-0.39, 0.29) is 5.78 Å². The lowest BCUT2D eigenvalue weighted by atomic mass is 10.0. The van der Waals surface area contributed by atoms with E-state index >= 15 is 0 Å². The lowest BCUT2D eigenvalue weighted by molar-refractivity contribution is 0.0992. The van der Waals surface area contributed by atoms with E-state index in [4.69, 9.17) is 14.2 Å². The van der Waals surface area contributed by atoms with E-state index in [0.29, 0.717) is 29.2 Å². The molecule has 0 fully saturated rings. The molecule has 0 aliphatic heterocycles. The quantitative estimate of drug-likeness (QED) is 0.765. The molecule has 0 spiro atoms. The van der Waals surface area contributed by atoms with Crippen molar-refractivity contribution in [2.24, 2.45) is 0 Å². The first-order chi connectivity index (χ1) is 10.2. The number of Topliss-reactive ketones (excluding diaryl/α,β-unsaturated/α-hetero) is 1. The molecule has 0 radical (unpaired) electrons. The number of carbonyl (C=O) groups excluding carboxylic acids is 1. The molecule has 0 aliphatic carbocycles. The van der Waals surface area contributed by atoms with Crippen LogP contribution in [0.4, 0.5) is 0 Å². The second kappa shape index (κ2) is 6.79. The van der Waals surface area contributed by atoms with Crippen LogP contribution in [0.1, 0.15) is 15.9 Å². The molecule has 0 unspecified atom stereocenters. The molecule has 21 heavy (non-hydrogen) atoms. The summed E-state index contributed by atoms with van der Waals surface area (Å²) in [4.78, 5) is 12.3. The Hall–Kier alpha value is -2.49. The van der Waals surface area contributed by atoms with Gasteiger partial charge in [0.1, 0.15) is 5.75 Å². The number of ether oxygens (including phenoxy) is 3. The highest BCUT2D eigenvalue weighted by Crippen LogP contribution is 2.28. The van der Waals surface area contributed by atoms with Gasteiger partial charge in [0, 0.05) is 12.0 Å². The van der Waals surface area contributed by atoms with Gasteiger partial charge in [-0.15, -0.1) is 0 Å². The smallest absolute Gasteiger partial charge is 0.167 e. The van der Waals surface area contributed by atoms with E-state index in [1.54, 1.807) is 45.6 Å². The Balaban J connectivity index is 2.19. The molecule has 0 aromatic heterocycles. The van der Waals surface area contributed by atoms with Crippen molar-refractivity contribution >= 4 is 5.78 Å². The Morgan fingerprint density at radius 3 is 2.33 bits per heavy atom. The monoisotopic (exact) mass is 286 g/mol. The van der Waals surface area contributed by atoms with E-state index < -0.39 is 0 Å². The van der Waals surface area contributed by atoms with Crippen molar-refractivity contribution in [3.05, 3.63) is 53.6 Å². The Kier molecular flexibility index (Phi) is 4.82. The molecule has 0 aliphatic rings. The zero-order valence-corrected chi connectivity index (χ0v) is 12.4. The van der Waals surface area contributed by atoms with Crippen LogP contribution in [0.15, 0.2) is 42.5 Å². The largest absolute Gasteiger partial charge is 0.497 e. The Bertz CT molecular complexity index is 634. The van der Waals surface area contributed by atoms with Gasteiger partial charge in [0.15, 0.2) is 17.3 Å². The summed E-state index contributed by atoms with van der Waals surface area (Å²) in [5.74, 6) is 1.97.